The van der Waals surface area contributed by atoms with Crippen LogP contribution in [0.1, 0.15) is 16.1 Å². The molecule has 0 amide bonds. The molecule has 0 N–H and O–H groups in total. The summed E-state index contributed by atoms with van der Waals surface area (Å²) in [5.41, 5.74) is 1.28. The highest BCUT2D eigenvalue weighted by molar-refractivity contribution is 7.90. The first kappa shape index (κ1) is 15.3. The number of methoxy groups -OCH3 is 1. The van der Waals surface area contributed by atoms with E-state index in [-0.39, 0.29) is 4.90 Å². The number of carbonyl (C=O) groups excluding carboxylic acids is 1. The van der Waals surface area contributed by atoms with Gasteiger partial charge in [-0.15, -0.1) is 0 Å². The predicted molar refractivity (Wildman–Crippen MR) is 87.6 cm³/mol. The van der Waals surface area contributed by atoms with E-state index in [1.54, 1.807) is 43.3 Å². The van der Waals surface area contributed by atoms with E-state index in [2.05, 4.69) is 0 Å². The number of aldehydes is 1. The maximum atomic E-state index is 13.0. The minimum Gasteiger partial charge on any atom is -0.497 e. The lowest BCUT2D eigenvalue weighted by Gasteiger charge is -2.10. The maximum absolute atomic E-state index is 13.0. The van der Waals surface area contributed by atoms with Crippen molar-refractivity contribution in [1.82, 2.24) is 3.97 Å². The second-order valence-electron chi connectivity index (χ2n) is 5.08. The highest BCUT2D eigenvalue weighted by atomic mass is 32.2. The highest BCUT2D eigenvalue weighted by Gasteiger charge is 2.24. The van der Waals surface area contributed by atoms with Gasteiger partial charge in [0.15, 0.2) is 6.29 Å². The molecule has 0 aliphatic rings. The Labute approximate surface area is 134 Å². The number of carbonyl (C=O) groups is 1. The molecule has 0 saturated carbocycles. The Balaban J connectivity index is 2.30. The lowest BCUT2D eigenvalue weighted by Crippen LogP contribution is -2.14. The van der Waals surface area contributed by atoms with Crippen molar-refractivity contribution >= 4 is 27.2 Å². The maximum Gasteiger partial charge on any atom is 0.268 e. The van der Waals surface area contributed by atoms with Crippen molar-refractivity contribution in [2.75, 3.05) is 7.11 Å². The third kappa shape index (κ3) is 2.31. The van der Waals surface area contributed by atoms with Crippen LogP contribution in [0.15, 0.2) is 53.4 Å². The number of ether oxygens (including phenoxy) is 1. The zero-order valence-electron chi connectivity index (χ0n) is 12.7. The van der Waals surface area contributed by atoms with Crippen molar-refractivity contribution in [3.8, 4) is 5.75 Å². The molecule has 118 valence electrons. The third-order valence-electron chi connectivity index (χ3n) is 3.82. The van der Waals surface area contributed by atoms with Crippen LogP contribution in [0.4, 0.5) is 0 Å². The van der Waals surface area contributed by atoms with E-state index in [1.165, 1.54) is 23.2 Å². The molecule has 6 heteroatoms. The summed E-state index contributed by atoms with van der Waals surface area (Å²) in [7, 11) is -2.29. The SMILES string of the molecule is COc1ccc(S(=O)(=O)n2c(C)c(C=O)c3ccccc32)cc1. The monoisotopic (exact) mass is 329 g/mol. The third-order valence-corrected chi connectivity index (χ3v) is 5.64. The van der Waals surface area contributed by atoms with E-state index in [4.69, 9.17) is 4.74 Å². The molecule has 0 fully saturated rings. The standard InChI is InChI=1S/C17H15NO4S/c1-12-16(11-19)15-5-3-4-6-17(15)18(12)23(20,21)14-9-7-13(22-2)8-10-14/h3-11H,1-2H3. The largest absolute Gasteiger partial charge is 0.497 e. The minimum atomic E-state index is -3.81. The summed E-state index contributed by atoms with van der Waals surface area (Å²) in [6.07, 6.45) is 0.692. The lowest BCUT2D eigenvalue weighted by atomic mass is 10.1. The number of hydrogen-bond donors (Lipinski definition) is 0. The van der Waals surface area contributed by atoms with Crippen LogP contribution in [0.25, 0.3) is 10.9 Å². The molecule has 3 rings (SSSR count). The summed E-state index contributed by atoms with van der Waals surface area (Å²) >= 11 is 0. The molecule has 2 aromatic carbocycles. The Morgan fingerprint density at radius 2 is 1.70 bits per heavy atom. The molecular weight excluding hydrogens is 314 g/mol. The Bertz CT molecular complexity index is 985. The van der Waals surface area contributed by atoms with Gasteiger partial charge in [-0.3, -0.25) is 4.79 Å². The van der Waals surface area contributed by atoms with Crippen LogP contribution < -0.4 is 4.74 Å². The van der Waals surface area contributed by atoms with Gasteiger partial charge in [-0.05, 0) is 37.3 Å². The van der Waals surface area contributed by atoms with E-state index in [0.717, 1.165) is 0 Å². The van der Waals surface area contributed by atoms with Crippen molar-refractivity contribution in [3.63, 3.8) is 0 Å². The minimum absolute atomic E-state index is 0.139. The van der Waals surface area contributed by atoms with Crippen LogP contribution in [0, 0.1) is 6.92 Å². The average Bonchev–Trinajstić information content (AvgIpc) is 2.86. The van der Waals surface area contributed by atoms with Crippen molar-refractivity contribution in [1.29, 1.82) is 0 Å². The van der Waals surface area contributed by atoms with Gasteiger partial charge in [0, 0.05) is 16.6 Å². The topological polar surface area (TPSA) is 65.4 Å². The first-order valence-electron chi connectivity index (χ1n) is 6.95. The first-order chi connectivity index (χ1) is 11.0. The Morgan fingerprint density at radius 3 is 2.30 bits per heavy atom. The quantitative estimate of drug-likeness (QED) is 0.690. The van der Waals surface area contributed by atoms with Gasteiger partial charge in [-0.1, -0.05) is 18.2 Å². The van der Waals surface area contributed by atoms with E-state index < -0.39 is 10.0 Å². The van der Waals surface area contributed by atoms with Crippen LogP contribution in [0.2, 0.25) is 0 Å². The normalized spacial score (nSPS) is 11.6. The van der Waals surface area contributed by atoms with Crippen molar-refractivity contribution in [2.24, 2.45) is 0 Å². The molecule has 0 aliphatic carbocycles. The molecule has 1 heterocycles. The van der Waals surface area contributed by atoms with E-state index in [1.807, 2.05) is 0 Å². The van der Waals surface area contributed by atoms with Crippen LogP contribution >= 0.6 is 0 Å². The van der Waals surface area contributed by atoms with Gasteiger partial charge in [0.05, 0.1) is 17.5 Å². The fourth-order valence-corrected chi connectivity index (χ4v) is 4.24. The summed E-state index contributed by atoms with van der Waals surface area (Å²) in [6, 6.07) is 13.1. The zero-order chi connectivity index (χ0) is 16.6. The second kappa shape index (κ2) is 5.55. The zero-order valence-corrected chi connectivity index (χ0v) is 13.5. The molecule has 0 atom stereocenters. The number of para-hydroxylation sites is 1. The van der Waals surface area contributed by atoms with Crippen LogP contribution in [0.3, 0.4) is 0 Å². The van der Waals surface area contributed by atoms with Crippen molar-refractivity contribution in [2.45, 2.75) is 11.8 Å². The first-order valence-corrected chi connectivity index (χ1v) is 8.39. The molecule has 0 aliphatic heterocycles. The Hall–Kier alpha value is -2.60. The molecular formula is C17H15NO4S. The summed E-state index contributed by atoms with van der Waals surface area (Å²) < 4.78 is 32.3. The molecule has 5 nitrogen and oxygen atoms in total. The van der Waals surface area contributed by atoms with Crippen LogP contribution in [0.5, 0.6) is 5.75 Å². The van der Waals surface area contributed by atoms with Gasteiger partial charge in [0.1, 0.15) is 5.75 Å². The smallest absolute Gasteiger partial charge is 0.268 e. The van der Waals surface area contributed by atoms with Gasteiger partial charge in [0.25, 0.3) is 10.0 Å². The average molecular weight is 329 g/mol. The summed E-state index contributed by atoms with van der Waals surface area (Å²) in [6.45, 7) is 1.63. The van der Waals surface area contributed by atoms with E-state index in [0.29, 0.717) is 34.2 Å². The molecule has 0 radical (unpaired) electrons. The van der Waals surface area contributed by atoms with Gasteiger partial charge in [0.2, 0.25) is 0 Å². The number of fused-ring (bicyclic) bond motifs is 1. The highest BCUT2D eigenvalue weighted by Crippen LogP contribution is 2.29. The summed E-state index contributed by atoms with van der Waals surface area (Å²) in [5.74, 6) is 0.576. The molecule has 23 heavy (non-hydrogen) atoms. The lowest BCUT2D eigenvalue weighted by molar-refractivity contribution is 0.112. The summed E-state index contributed by atoms with van der Waals surface area (Å²) in [5, 5.41) is 0.622. The van der Waals surface area contributed by atoms with E-state index >= 15 is 0 Å². The van der Waals surface area contributed by atoms with Crippen molar-refractivity contribution in [3.05, 3.63) is 59.8 Å². The van der Waals surface area contributed by atoms with Crippen LogP contribution in [-0.4, -0.2) is 25.8 Å². The number of nitrogens with zero attached hydrogens (tertiary/aromatic N) is 1. The van der Waals surface area contributed by atoms with Gasteiger partial charge in [-0.25, -0.2) is 12.4 Å². The molecule has 0 saturated heterocycles. The molecule has 3 aromatic rings. The Kier molecular flexibility index (Phi) is 3.69. The number of benzene rings is 2. The van der Waals surface area contributed by atoms with Gasteiger partial charge in [-0.2, -0.15) is 0 Å². The molecule has 1 aromatic heterocycles. The number of rotatable bonds is 4. The Morgan fingerprint density at radius 1 is 1.04 bits per heavy atom. The van der Waals surface area contributed by atoms with Crippen molar-refractivity contribution < 1.29 is 17.9 Å². The molecule has 0 unspecified atom stereocenters. The van der Waals surface area contributed by atoms with E-state index in [9.17, 15) is 13.2 Å². The second-order valence-corrected chi connectivity index (χ2v) is 6.87. The van der Waals surface area contributed by atoms with Gasteiger partial charge < -0.3 is 4.74 Å². The number of hydrogen-bond acceptors (Lipinski definition) is 4. The fourth-order valence-electron chi connectivity index (χ4n) is 2.68. The molecule has 0 bridgehead atoms. The summed E-state index contributed by atoms with van der Waals surface area (Å²) in [4.78, 5) is 11.5. The molecule has 0 spiro atoms. The predicted octanol–water partition coefficient (Wildman–Crippen LogP) is 3.01. The van der Waals surface area contributed by atoms with Crippen LogP contribution in [-0.2, 0) is 10.0 Å². The fraction of sp³-hybridized carbons (Fsp3) is 0.118. The van der Waals surface area contributed by atoms with Gasteiger partial charge >= 0.3 is 0 Å². The number of aromatic nitrogens is 1.